The van der Waals surface area contributed by atoms with Crippen molar-refractivity contribution < 1.29 is 0 Å². The molecule has 1 aromatic heterocycles. The fourth-order valence-corrected chi connectivity index (χ4v) is 2.69. The molecule has 0 spiro atoms. The highest BCUT2D eigenvalue weighted by molar-refractivity contribution is 6.30. The van der Waals surface area contributed by atoms with Gasteiger partial charge in [0, 0.05) is 24.3 Å². The van der Waals surface area contributed by atoms with Crippen molar-refractivity contribution in [3.8, 4) is 0 Å². The average Bonchev–Trinajstić information content (AvgIpc) is 2.83. The molecule has 0 fully saturated rings. The summed E-state index contributed by atoms with van der Waals surface area (Å²) in [6.45, 7) is 5.22. The molecular weight excluding hydrogens is 270 g/mol. The normalized spacial score (nSPS) is 12.6. The molecule has 3 nitrogen and oxygen atoms in total. The lowest BCUT2D eigenvalue weighted by atomic mass is 9.96. The number of nitrogens with one attached hydrogen (secondary N) is 1. The molecule has 0 radical (unpaired) electrons. The second-order valence-corrected chi connectivity index (χ2v) is 5.61. The van der Waals surface area contributed by atoms with E-state index in [-0.39, 0.29) is 0 Å². The van der Waals surface area contributed by atoms with E-state index < -0.39 is 0 Å². The van der Waals surface area contributed by atoms with Crippen molar-refractivity contribution >= 4 is 11.6 Å². The summed E-state index contributed by atoms with van der Waals surface area (Å²) >= 11 is 6.14. The Morgan fingerprint density at radius 1 is 1.40 bits per heavy atom. The predicted octanol–water partition coefficient (Wildman–Crippen LogP) is 3.67. The first-order chi connectivity index (χ1) is 9.60. The summed E-state index contributed by atoms with van der Waals surface area (Å²) in [5.74, 6) is 0. The third-order valence-electron chi connectivity index (χ3n) is 3.55. The maximum Gasteiger partial charge on any atom is 0.0521 e. The van der Waals surface area contributed by atoms with Gasteiger partial charge in [-0.15, -0.1) is 0 Å². The van der Waals surface area contributed by atoms with E-state index in [9.17, 15) is 0 Å². The van der Waals surface area contributed by atoms with Crippen molar-refractivity contribution in [3.05, 3.63) is 52.3 Å². The monoisotopic (exact) mass is 291 g/mol. The molecule has 0 saturated carbocycles. The highest BCUT2D eigenvalue weighted by Crippen LogP contribution is 2.25. The van der Waals surface area contributed by atoms with E-state index in [2.05, 4.69) is 42.6 Å². The van der Waals surface area contributed by atoms with Crippen molar-refractivity contribution in [1.82, 2.24) is 15.1 Å². The standard InChI is InChI=1S/C16H22ClN3/c1-4-18-16(8-6-13-10-19-20(3)11-13)15-9-14(17)7-5-12(15)2/h5,7,9-11,16,18H,4,6,8H2,1-3H3. The predicted molar refractivity (Wildman–Crippen MR) is 84.1 cm³/mol. The largest absolute Gasteiger partial charge is 0.310 e. The zero-order chi connectivity index (χ0) is 14.5. The van der Waals surface area contributed by atoms with Crippen LogP contribution in [0.25, 0.3) is 0 Å². The Morgan fingerprint density at radius 2 is 2.20 bits per heavy atom. The molecule has 2 rings (SSSR count). The van der Waals surface area contributed by atoms with Crippen LogP contribution in [0.15, 0.2) is 30.6 Å². The van der Waals surface area contributed by atoms with E-state index in [0.29, 0.717) is 6.04 Å². The first kappa shape index (κ1) is 15.1. The molecule has 0 amide bonds. The number of nitrogens with zero attached hydrogens (tertiary/aromatic N) is 2. The highest BCUT2D eigenvalue weighted by atomic mass is 35.5. The molecule has 108 valence electrons. The molecule has 1 aromatic carbocycles. The zero-order valence-electron chi connectivity index (χ0n) is 12.4. The molecule has 0 aliphatic carbocycles. The first-order valence-corrected chi connectivity index (χ1v) is 7.45. The molecule has 1 atom stereocenters. The Bertz CT molecular complexity index is 563. The van der Waals surface area contributed by atoms with Crippen LogP contribution in [0.3, 0.4) is 0 Å². The molecule has 2 aromatic rings. The Labute approximate surface area is 126 Å². The third kappa shape index (κ3) is 3.84. The van der Waals surface area contributed by atoms with Gasteiger partial charge in [0.1, 0.15) is 0 Å². The van der Waals surface area contributed by atoms with Crippen molar-refractivity contribution in [2.45, 2.75) is 32.7 Å². The van der Waals surface area contributed by atoms with Crippen LogP contribution in [-0.4, -0.2) is 16.3 Å². The van der Waals surface area contributed by atoms with E-state index in [1.54, 1.807) is 0 Å². The third-order valence-corrected chi connectivity index (χ3v) is 3.78. The van der Waals surface area contributed by atoms with Crippen LogP contribution in [0.1, 0.15) is 36.1 Å². The topological polar surface area (TPSA) is 29.9 Å². The Hall–Kier alpha value is -1.32. The van der Waals surface area contributed by atoms with Crippen LogP contribution in [0, 0.1) is 6.92 Å². The van der Waals surface area contributed by atoms with Gasteiger partial charge < -0.3 is 5.32 Å². The van der Waals surface area contributed by atoms with E-state index in [1.165, 1.54) is 16.7 Å². The number of halogens is 1. The molecule has 0 aliphatic rings. The van der Waals surface area contributed by atoms with Gasteiger partial charge in [-0.3, -0.25) is 4.68 Å². The maximum atomic E-state index is 6.14. The molecule has 0 bridgehead atoms. The van der Waals surface area contributed by atoms with Gasteiger partial charge in [-0.25, -0.2) is 0 Å². The smallest absolute Gasteiger partial charge is 0.0521 e. The summed E-state index contributed by atoms with van der Waals surface area (Å²) < 4.78 is 1.85. The van der Waals surface area contributed by atoms with Crippen LogP contribution in [-0.2, 0) is 13.5 Å². The van der Waals surface area contributed by atoms with Crippen molar-refractivity contribution in [2.24, 2.45) is 7.05 Å². The van der Waals surface area contributed by atoms with Gasteiger partial charge in [0.25, 0.3) is 0 Å². The molecule has 1 heterocycles. The Morgan fingerprint density at radius 3 is 2.85 bits per heavy atom. The van der Waals surface area contributed by atoms with Gasteiger partial charge in [-0.2, -0.15) is 5.10 Å². The van der Waals surface area contributed by atoms with E-state index in [1.807, 2.05) is 24.0 Å². The summed E-state index contributed by atoms with van der Waals surface area (Å²) in [5.41, 5.74) is 3.85. The molecular formula is C16H22ClN3. The van der Waals surface area contributed by atoms with Crippen LogP contribution in [0.5, 0.6) is 0 Å². The molecule has 1 unspecified atom stereocenters. The lowest BCUT2D eigenvalue weighted by Crippen LogP contribution is -2.22. The fourth-order valence-electron chi connectivity index (χ4n) is 2.51. The van der Waals surface area contributed by atoms with Crippen LogP contribution in [0.4, 0.5) is 0 Å². The lowest BCUT2D eigenvalue weighted by molar-refractivity contribution is 0.513. The molecule has 0 aliphatic heterocycles. The summed E-state index contributed by atoms with van der Waals surface area (Å²) in [7, 11) is 1.95. The number of aromatic nitrogens is 2. The number of rotatable bonds is 6. The van der Waals surface area contributed by atoms with E-state index >= 15 is 0 Å². The Balaban J connectivity index is 2.11. The first-order valence-electron chi connectivity index (χ1n) is 7.07. The average molecular weight is 292 g/mol. The summed E-state index contributed by atoms with van der Waals surface area (Å²) in [6, 6.07) is 6.45. The number of aryl methyl sites for hydroxylation is 3. The van der Waals surface area contributed by atoms with Crippen LogP contribution >= 0.6 is 11.6 Å². The van der Waals surface area contributed by atoms with Gasteiger partial charge in [-0.1, -0.05) is 24.6 Å². The van der Waals surface area contributed by atoms with E-state index in [4.69, 9.17) is 11.6 Å². The quantitative estimate of drug-likeness (QED) is 0.880. The van der Waals surface area contributed by atoms with Crippen molar-refractivity contribution in [3.63, 3.8) is 0 Å². The summed E-state index contributed by atoms with van der Waals surface area (Å²) in [5, 5.41) is 8.58. The van der Waals surface area contributed by atoms with Gasteiger partial charge in [0.2, 0.25) is 0 Å². The minimum Gasteiger partial charge on any atom is -0.310 e. The second-order valence-electron chi connectivity index (χ2n) is 5.17. The summed E-state index contributed by atoms with van der Waals surface area (Å²) in [4.78, 5) is 0. The van der Waals surface area contributed by atoms with Crippen LogP contribution < -0.4 is 5.32 Å². The van der Waals surface area contributed by atoms with Crippen LogP contribution in [0.2, 0.25) is 5.02 Å². The fraction of sp³-hybridized carbons (Fsp3) is 0.438. The van der Waals surface area contributed by atoms with Crippen molar-refractivity contribution in [2.75, 3.05) is 6.54 Å². The van der Waals surface area contributed by atoms with E-state index in [0.717, 1.165) is 24.4 Å². The molecule has 0 saturated heterocycles. The molecule has 4 heteroatoms. The summed E-state index contributed by atoms with van der Waals surface area (Å²) in [6.07, 6.45) is 6.07. The van der Waals surface area contributed by atoms with Gasteiger partial charge in [0.05, 0.1) is 6.20 Å². The number of hydrogen-bond acceptors (Lipinski definition) is 2. The van der Waals surface area contributed by atoms with Crippen molar-refractivity contribution in [1.29, 1.82) is 0 Å². The molecule has 1 N–H and O–H groups in total. The SMILES string of the molecule is CCNC(CCc1cnn(C)c1)c1cc(Cl)ccc1C. The minimum absolute atomic E-state index is 0.332. The highest BCUT2D eigenvalue weighted by Gasteiger charge is 2.13. The van der Waals surface area contributed by atoms with Gasteiger partial charge in [-0.05, 0) is 55.1 Å². The van der Waals surface area contributed by atoms with Gasteiger partial charge in [0.15, 0.2) is 0 Å². The maximum absolute atomic E-state index is 6.14. The lowest BCUT2D eigenvalue weighted by Gasteiger charge is -2.20. The Kier molecular flexibility index (Phi) is 5.21. The second kappa shape index (κ2) is 6.91. The molecule has 20 heavy (non-hydrogen) atoms. The number of hydrogen-bond donors (Lipinski definition) is 1. The van der Waals surface area contributed by atoms with Gasteiger partial charge >= 0.3 is 0 Å². The zero-order valence-corrected chi connectivity index (χ0v) is 13.1. The minimum atomic E-state index is 0.332. The number of benzene rings is 1.